The first kappa shape index (κ1) is 14.0. The van der Waals surface area contributed by atoms with Crippen LogP contribution >= 0.6 is 15.9 Å². The average Bonchev–Trinajstić information content (AvgIpc) is 2.28. The van der Waals surface area contributed by atoms with Crippen LogP contribution in [0.25, 0.3) is 0 Å². The van der Waals surface area contributed by atoms with E-state index in [-0.39, 0.29) is 5.91 Å². The van der Waals surface area contributed by atoms with E-state index in [1.165, 1.54) is 0 Å². The van der Waals surface area contributed by atoms with Gasteiger partial charge in [0.25, 0.3) is 0 Å². The fraction of sp³-hybridized carbons (Fsp3) is 0.462. The van der Waals surface area contributed by atoms with Gasteiger partial charge in [-0.2, -0.15) is 0 Å². The molecule has 0 saturated heterocycles. The summed E-state index contributed by atoms with van der Waals surface area (Å²) in [6.45, 7) is 4.17. The van der Waals surface area contributed by atoms with Gasteiger partial charge >= 0.3 is 0 Å². The van der Waals surface area contributed by atoms with Gasteiger partial charge in [-0.25, -0.2) is 0 Å². The summed E-state index contributed by atoms with van der Waals surface area (Å²) in [7, 11) is 1.77. The minimum absolute atomic E-state index is 0.105. The van der Waals surface area contributed by atoms with Crippen LogP contribution in [0.4, 0.5) is 11.4 Å². The highest BCUT2D eigenvalue weighted by Gasteiger charge is 2.15. The van der Waals surface area contributed by atoms with Gasteiger partial charge in [-0.1, -0.05) is 36.2 Å². The quantitative estimate of drug-likeness (QED) is 0.866. The lowest BCUT2D eigenvalue weighted by atomic mass is 10.0. The van der Waals surface area contributed by atoms with E-state index in [4.69, 9.17) is 5.73 Å². The number of carbonyl (C=O) groups is 1. The molecule has 1 aromatic carbocycles. The van der Waals surface area contributed by atoms with Gasteiger partial charge in [-0.05, 0) is 24.1 Å². The van der Waals surface area contributed by atoms with Crippen molar-refractivity contribution in [2.75, 3.05) is 17.7 Å². The first-order chi connectivity index (χ1) is 7.95. The zero-order chi connectivity index (χ0) is 13.0. The fourth-order valence-corrected chi connectivity index (χ4v) is 1.92. The van der Waals surface area contributed by atoms with Crippen LogP contribution in [-0.2, 0) is 4.79 Å². The highest BCUT2D eigenvalue weighted by atomic mass is 79.9. The molecule has 17 heavy (non-hydrogen) atoms. The van der Waals surface area contributed by atoms with E-state index < -0.39 is 0 Å². The number of nitrogens with two attached hydrogens (primary N) is 1. The van der Waals surface area contributed by atoms with E-state index in [0.29, 0.717) is 18.0 Å². The van der Waals surface area contributed by atoms with Crippen LogP contribution in [0.2, 0.25) is 0 Å². The lowest BCUT2D eigenvalue weighted by Gasteiger charge is -2.21. The average molecular weight is 299 g/mol. The zero-order valence-electron chi connectivity index (χ0n) is 10.5. The molecular weight excluding hydrogens is 280 g/mol. The van der Waals surface area contributed by atoms with Crippen LogP contribution in [0.5, 0.6) is 0 Å². The van der Waals surface area contributed by atoms with Gasteiger partial charge in [-0.15, -0.1) is 0 Å². The first-order valence-electron chi connectivity index (χ1n) is 5.77. The second-order valence-electron chi connectivity index (χ2n) is 4.37. The Bertz CT molecular complexity index is 406. The van der Waals surface area contributed by atoms with E-state index in [1.54, 1.807) is 11.9 Å². The Balaban J connectivity index is 2.81. The Morgan fingerprint density at radius 1 is 1.53 bits per heavy atom. The Labute approximate surface area is 111 Å². The number of hydrogen-bond acceptors (Lipinski definition) is 2. The van der Waals surface area contributed by atoms with E-state index in [2.05, 4.69) is 29.8 Å². The number of nitrogens with zero attached hydrogens (tertiary/aromatic N) is 1. The molecule has 1 atom stereocenters. The molecule has 0 saturated carbocycles. The van der Waals surface area contributed by atoms with Gasteiger partial charge in [0.05, 0.1) is 11.4 Å². The predicted octanol–water partition coefficient (Wildman–Crippen LogP) is 3.43. The molecule has 2 N–H and O–H groups in total. The largest absolute Gasteiger partial charge is 0.397 e. The molecule has 0 aliphatic carbocycles. The molecule has 0 aliphatic rings. The third-order valence-corrected chi connectivity index (χ3v) is 3.44. The topological polar surface area (TPSA) is 46.3 Å². The summed E-state index contributed by atoms with van der Waals surface area (Å²) < 4.78 is 0.918. The highest BCUT2D eigenvalue weighted by molar-refractivity contribution is 9.10. The summed E-state index contributed by atoms with van der Waals surface area (Å²) in [5, 5.41) is 0. The minimum Gasteiger partial charge on any atom is -0.397 e. The summed E-state index contributed by atoms with van der Waals surface area (Å²) in [5.74, 6) is 0.509. The third-order valence-electron chi connectivity index (χ3n) is 2.95. The van der Waals surface area contributed by atoms with Gasteiger partial charge in [0, 0.05) is 17.9 Å². The van der Waals surface area contributed by atoms with Crippen molar-refractivity contribution in [1.82, 2.24) is 0 Å². The molecule has 1 rings (SSSR count). The van der Waals surface area contributed by atoms with Crippen molar-refractivity contribution in [3.63, 3.8) is 0 Å². The molecular formula is C13H19BrN2O. The van der Waals surface area contributed by atoms with Crippen molar-refractivity contribution in [3.8, 4) is 0 Å². The van der Waals surface area contributed by atoms with Crippen molar-refractivity contribution in [1.29, 1.82) is 0 Å². The second-order valence-corrected chi connectivity index (χ2v) is 5.29. The molecule has 94 valence electrons. The third kappa shape index (κ3) is 3.73. The van der Waals surface area contributed by atoms with Crippen LogP contribution in [0.1, 0.15) is 26.7 Å². The molecule has 4 heteroatoms. The van der Waals surface area contributed by atoms with Crippen LogP contribution < -0.4 is 10.6 Å². The molecule has 0 bridgehead atoms. The van der Waals surface area contributed by atoms with Crippen LogP contribution in [0.3, 0.4) is 0 Å². The first-order valence-corrected chi connectivity index (χ1v) is 6.56. The van der Waals surface area contributed by atoms with Crippen molar-refractivity contribution >= 4 is 33.2 Å². The number of rotatable bonds is 4. The number of carbonyl (C=O) groups excluding carboxylic acids is 1. The predicted molar refractivity (Wildman–Crippen MR) is 76.0 cm³/mol. The number of nitrogen functional groups attached to an aromatic ring is 1. The molecule has 1 unspecified atom stereocenters. The second kappa shape index (κ2) is 6.05. The number of hydrogen-bond donors (Lipinski definition) is 1. The van der Waals surface area contributed by atoms with E-state index in [0.717, 1.165) is 16.6 Å². The van der Waals surface area contributed by atoms with E-state index in [1.807, 2.05) is 18.2 Å². The molecule has 0 aromatic heterocycles. The van der Waals surface area contributed by atoms with Gasteiger partial charge in [0.2, 0.25) is 5.91 Å². The lowest BCUT2D eigenvalue weighted by Crippen LogP contribution is -2.28. The Hall–Kier alpha value is -1.03. The number of benzene rings is 1. The van der Waals surface area contributed by atoms with Crippen LogP contribution in [0.15, 0.2) is 22.7 Å². The maximum absolute atomic E-state index is 12.0. The lowest BCUT2D eigenvalue weighted by molar-refractivity contribution is -0.119. The molecule has 0 radical (unpaired) electrons. The maximum Gasteiger partial charge on any atom is 0.227 e. The molecule has 1 aromatic rings. The summed E-state index contributed by atoms with van der Waals surface area (Å²) >= 11 is 3.35. The van der Waals surface area contributed by atoms with Crippen molar-refractivity contribution < 1.29 is 4.79 Å². The molecule has 0 heterocycles. The summed E-state index contributed by atoms with van der Waals surface area (Å²) in [6.07, 6.45) is 1.57. The van der Waals surface area contributed by atoms with Gasteiger partial charge in [0.15, 0.2) is 0 Å². The Morgan fingerprint density at radius 2 is 2.18 bits per heavy atom. The van der Waals surface area contributed by atoms with Crippen molar-refractivity contribution in [2.24, 2.45) is 5.92 Å². The molecule has 0 aliphatic heterocycles. The number of anilines is 2. The molecule has 1 amide bonds. The number of halogens is 1. The molecule has 0 fully saturated rings. The number of amides is 1. The van der Waals surface area contributed by atoms with Crippen LogP contribution in [0, 0.1) is 5.92 Å². The molecule has 0 spiro atoms. The fourth-order valence-electron chi connectivity index (χ4n) is 1.54. The standard InChI is InChI=1S/C13H19BrN2O/c1-4-9(2)7-13(17)16(3)12-6-5-10(14)8-11(12)15/h5-6,8-9H,4,7,15H2,1-3H3. The summed E-state index contributed by atoms with van der Waals surface area (Å²) in [5.41, 5.74) is 7.28. The summed E-state index contributed by atoms with van der Waals surface area (Å²) in [6, 6.07) is 5.55. The van der Waals surface area contributed by atoms with Gasteiger partial charge < -0.3 is 10.6 Å². The van der Waals surface area contributed by atoms with E-state index in [9.17, 15) is 4.79 Å². The van der Waals surface area contributed by atoms with Crippen LogP contribution in [-0.4, -0.2) is 13.0 Å². The van der Waals surface area contributed by atoms with Crippen molar-refractivity contribution in [3.05, 3.63) is 22.7 Å². The monoisotopic (exact) mass is 298 g/mol. The maximum atomic E-state index is 12.0. The summed E-state index contributed by atoms with van der Waals surface area (Å²) in [4.78, 5) is 13.6. The molecule has 3 nitrogen and oxygen atoms in total. The van der Waals surface area contributed by atoms with Gasteiger partial charge in [0.1, 0.15) is 0 Å². The normalized spacial score (nSPS) is 12.2. The Morgan fingerprint density at radius 3 is 2.71 bits per heavy atom. The Kier molecular flexibility index (Phi) is 5.00. The SMILES string of the molecule is CCC(C)CC(=O)N(C)c1ccc(Br)cc1N. The zero-order valence-corrected chi connectivity index (χ0v) is 12.1. The smallest absolute Gasteiger partial charge is 0.227 e. The minimum atomic E-state index is 0.105. The van der Waals surface area contributed by atoms with Crippen molar-refractivity contribution in [2.45, 2.75) is 26.7 Å². The van der Waals surface area contributed by atoms with E-state index >= 15 is 0 Å². The van der Waals surface area contributed by atoms with Gasteiger partial charge in [-0.3, -0.25) is 4.79 Å². The highest BCUT2D eigenvalue weighted by Crippen LogP contribution is 2.26.